The molecule has 12 nitrogen and oxygen atoms in total. The maximum atomic E-state index is 14.6. The molecule has 2 aromatic heterocycles. The zero-order chi connectivity index (χ0) is 48.2. The fourth-order valence-corrected chi connectivity index (χ4v) is 9.89. The Morgan fingerprint density at radius 1 is 0.588 bits per heavy atom. The van der Waals surface area contributed by atoms with Crippen LogP contribution in [0.3, 0.4) is 0 Å². The van der Waals surface area contributed by atoms with Crippen LogP contribution in [0.4, 0.5) is 67.3 Å². The van der Waals surface area contributed by atoms with Gasteiger partial charge in [0.15, 0.2) is 46.2 Å². The Morgan fingerprint density at radius 2 is 0.985 bits per heavy atom. The summed E-state index contributed by atoms with van der Waals surface area (Å²) in [6.07, 6.45) is 0.143. The molecule has 22 heteroatoms. The quantitative estimate of drug-likeness (QED) is 0.132. The SMILES string of the molecule is O=C(Nc1cc(F)c(OC2CC3(CCC3)C2)c(F)c1)c1nc(N2CCCC2)oc1CC(F)(F)F.O=C(Nc1cc(F)c(OC2CCC3(CC3)C2)c(F)c1)c1nc(N2CCCC2)oc1CC(F)(F)F. The van der Waals surface area contributed by atoms with Crippen molar-refractivity contribution in [3.05, 3.63) is 70.4 Å². The van der Waals surface area contributed by atoms with Crippen molar-refractivity contribution in [2.24, 2.45) is 10.8 Å². The number of carbonyl (C=O) groups is 2. The molecule has 2 aliphatic heterocycles. The third-order valence-electron chi connectivity index (χ3n) is 13.7. The van der Waals surface area contributed by atoms with Crippen molar-refractivity contribution in [1.82, 2.24) is 9.97 Å². The zero-order valence-corrected chi connectivity index (χ0v) is 36.6. The summed E-state index contributed by atoms with van der Waals surface area (Å²) in [5.41, 5.74) is -1.13. The van der Waals surface area contributed by atoms with E-state index in [0.29, 0.717) is 26.2 Å². The number of nitrogens with one attached hydrogen (secondary N) is 2. The predicted octanol–water partition coefficient (Wildman–Crippen LogP) is 11.2. The van der Waals surface area contributed by atoms with E-state index in [1.54, 1.807) is 9.80 Å². The van der Waals surface area contributed by atoms with E-state index in [2.05, 4.69) is 20.6 Å². The van der Waals surface area contributed by atoms with Crippen LogP contribution >= 0.6 is 0 Å². The van der Waals surface area contributed by atoms with Gasteiger partial charge in [-0.3, -0.25) is 9.59 Å². The number of ether oxygens (including phenoxy) is 2. The lowest BCUT2D eigenvalue weighted by molar-refractivity contribution is -0.131. The van der Waals surface area contributed by atoms with Crippen molar-refractivity contribution in [2.75, 3.05) is 46.6 Å². The standard InChI is InChI=1S/2C23H24F5N3O3/c24-15-9-13(10-16(25)19(15)33-14-3-4-22(11-14)5-6-22)29-20(32)18-17(12-23(26,27)28)34-21(30-18)31-7-1-2-8-31;24-15-8-13(9-16(25)19(15)33-14-10-22(11-14)4-3-5-22)29-20(32)18-17(12-23(26,27)28)34-21(30-18)31-6-1-2-7-31/h9-10,14H,1-8,11-12H2,(H,29,32);8-9,14H,1-7,10-12H2,(H,29,32). The summed E-state index contributed by atoms with van der Waals surface area (Å²) < 4.78 is 158. The molecule has 4 saturated carbocycles. The van der Waals surface area contributed by atoms with E-state index in [4.69, 9.17) is 18.3 Å². The number of alkyl halides is 6. The lowest BCUT2D eigenvalue weighted by Gasteiger charge is -2.53. The van der Waals surface area contributed by atoms with Gasteiger partial charge in [-0.05, 0) is 94.3 Å². The van der Waals surface area contributed by atoms with Crippen LogP contribution in [0.15, 0.2) is 33.1 Å². The van der Waals surface area contributed by atoms with E-state index in [-0.39, 0.29) is 46.4 Å². The number of hydrogen-bond donors (Lipinski definition) is 2. The lowest BCUT2D eigenvalue weighted by Crippen LogP contribution is -2.48. The number of aromatic nitrogens is 2. The van der Waals surface area contributed by atoms with Gasteiger partial charge in [-0.1, -0.05) is 6.42 Å². The van der Waals surface area contributed by atoms with E-state index in [0.717, 1.165) is 108 Å². The molecule has 2 amide bonds. The van der Waals surface area contributed by atoms with Crippen LogP contribution in [0, 0.1) is 34.1 Å². The Labute approximate surface area is 383 Å². The second kappa shape index (κ2) is 18.3. The molecular weight excluding hydrogens is 923 g/mol. The lowest BCUT2D eigenvalue weighted by atomic mass is 9.55. The highest BCUT2D eigenvalue weighted by atomic mass is 19.4. The molecular formula is C46H48F10N6O6. The predicted molar refractivity (Wildman–Crippen MR) is 224 cm³/mol. The molecule has 1 unspecified atom stereocenters. The van der Waals surface area contributed by atoms with Gasteiger partial charge in [0.1, 0.15) is 30.5 Å². The molecule has 2 saturated heterocycles. The first-order valence-corrected chi connectivity index (χ1v) is 22.8. The maximum Gasteiger partial charge on any atom is 0.396 e. The smallest absolute Gasteiger partial charge is 0.396 e. The molecule has 4 heterocycles. The first kappa shape index (κ1) is 47.4. The Balaban J connectivity index is 0.000000170. The van der Waals surface area contributed by atoms with E-state index in [9.17, 15) is 53.5 Å². The molecule has 4 aliphatic carbocycles. The summed E-state index contributed by atoms with van der Waals surface area (Å²) in [5.74, 6) is -8.44. The third kappa shape index (κ3) is 10.8. The summed E-state index contributed by atoms with van der Waals surface area (Å²) in [6.45, 7) is 2.19. The number of amides is 2. The number of rotatable bonds is 12. The van der Waals surface area contributed by atoms with Crippen molar-refractivity contribution in [3.63, 3.8) is 0 Å². The molecule has 4 aromatic rings. The number of hydrogen-bond acceptors (Lipinski definition) is 10. The average molecular weight is 971 g/mol. The molecule has 68 heavy (non-hydrogen) atoms. The van der Waals surface area contributed by atoms with Crippen molar-refractivity contribution >= 4 is 35.2 Å². The highest BCUT2D eigenvalue weighted by Gasteiger charge is 2.50. The van der Waals surface area contributed by atoms with E-state index >= 15 is 0 Å². The molecule has 2 N–H and O–H groups in total. The van der Waals surface area contributed by atoms with Crippen molar-refractivity contribution < 1.29 is 71.8 Å². The van der Waals surface area contributed by atoms with Gasteiger partial charge in [-0.25, -0.2) is 17.6 Å². The van der Waals surface area contributed by atoms with Gasteiger partial charge in [-0.2, -0.15) is 36.3 Å². The molecule has 368 valence electrons. The van der Waals surface area contributed by atoms with E-state index in [1.807, 2.05) is 0 Å². The Morgan fingerprint density at radius 3 is 1.34 bits per heavy atom. The molecule has 6 aliphatic rings. The number of halogens is 10. The fourth-order valence-electron chi connectivity index (χ4n) is 9.89. The largest absolute Gasteiger partial charge is 0.484 e. The molecule has 2 spiro atoms. The second-order valence-corrected chi connectivity index (χ2v) is 18.9. The molecule has 1 atom stereocenters. The Kier molecular flexibility index (Phi) is 12.8. The van der Waals surface area contributed by atoms with Crippen LogP contribution in [-0.4, -0.2) is 72.5 Å². The topological polar surface area (TPSA) is 135 Å². The average Bonchev–Trinajstić information content (AvgIpc) is 3.89. The summed E-state index contributed by atoms with van der Waals surface area (Å²) >= 11 is 0. The van der Waals surface area contributed by atoms with Crippen molar-refractivity contribution in [1.29, 1.82) is 0 Å². The number of carbonyl (C=O) groups excluding carboxylic acids is 2. The van der Waals surface area contributed by atoms with E-state index in [1.165, 1.54) is 6.42 Å². The summed E-state index contributed by atoms with van der Waals surface area (Å²) in [6, 6.07) is 3.35. The number of nitrogens with zero attached hydrogens (tertiary/aromatic N) is 4. The van der Waals surface area contributed by atoms with Crippen LogP contribution in [0.25, 0.3) is 0 Å². The van der Waals surface area contributed by atoms with Crippen LogP contribution in [-0.2, 0) is 12.8 Å². The van der Waals surface area contributed by atoms with Crippen LogP contribution in [0.5, 0.6) is 11.5 Å². The van der Waals surface area contributed by atoms with Gasteiger partial charge in [0.05, 0.1) is 6.10 Å². The minimum atomic E-state index is -4.63. The Bertz CT molecular complexity index is 2470. The van der Waals surface area contributed by atoms with Crippen LogP contribution in [0.2, 0.25) is 0 Å². The van der Waals surface area contributed by atoms with Crippen LogP contribution in [0.1, 0.15) is 122 Å². The number of oxazole rings is 2. The molecule has 10 rings (SSSR count). The van der Waals surface area contributed by atoms with Gasteiger partial charge in [0.25, 0.3) is 23.8 Å². The first-order valence-electron chi connectivity index (χ1n) is 22.8. The van der Waals surface area contributed by atoms with Crippen molar-refractivity contribution in [3.8, 4) is 11.5 Å². The second-order valence-electron chi connectivity index (χ2n) is 18.9. The monoisotopic (exact) mass is 970 g/mol. The summed E-state index contributed by atoms with van der Waals surface area (Å²) in [5, 5.41) is 4.46. The number of anilines is 4. The molecule has 2 aromatic carbocycles. The minimum absolute atomic E-state index is 0.0759. The Hall–Kier alpha value is -5.70. The normalized spacial score (nSPS) is 20.5. The first-order chi connectivity index (χ1) is 32.2. The molecule has 0 bridgehead atoms. The minimum Gasteiger partial charge on any atom is -0.484 e. The third-order valence-corrected chi connectivity index (χ3v) is 13.7. The highest BCUT2D eigenvalue weighted by molar-refractivity contribution is 6.04. The van der Waals surface area contributed by atoms with Gasteiger partial charge in [0, 0.05) is 61.8 Å². The number of benzene rings is 2. The summed E-state index contributed by atoms with van der Waals surface area (Å²) in [7, 11) is 0. The van der Waals surface area contributed by atoms with Gasteiger partial charge in [0.2, 0.25) is 0 Å². The van der Waals surface area contributed by atoms with E-state index < -0.39 is 94.7 Å². The van der Waals surface area contributed by atoms with Gasteiger partial charge >= 0.3 is 12.4 Å². The fraction of sp³-hybridized carbons (Fsp3) is 0.565. The summed E-state index contributed by atoms with van der Waals surface area (Å²) in [4.78, 5) is 36.6. The van der Waals surface area contributed by atoms with Gasteiger partial charge in [-0.15, -0.1) is 0 Å². The van der Waals surface area contributed by atoms with Crippen LogP contribution < -0.4 is 29.9 Å². The zero-order valence-electron chi connectivity index (χ0n) is 36.6. The maximum absolute atomic E-state index is 14.6. The highest BCUT2D eigenvalue weighted by Crippen LogP contribution is 2.59. The molecule has 0 radical (unpaired) electrons. The van der Waals surface area contributed by atoms with Gasteiger partial charge < -0.3 is 38.7 Å². The molecule has 6 fully saturated rings. The van der Waals surface area contributed by atoms with Crippen molar-refractivity contribution in [2.45, 2.75) is 127 Å².